The molecular formula is C10H18O6. The molecule has 0 heterocycles. The number of carbonyl (C=O) groups is 2. The van der Waals surface area contributed by atoms with E-state index in [-0.39, 0.29) is 13.2 Å². The number of hydrogen-bond donors (Lipinski definition) is 0. The van der Waals surface area contributed by atoms with Crippen LogP contribution in [0, 0.1) is 0 Å². The van der Waals surface area contributed by atoms with Crippen LogP contribution in [0.25, 0.3) is 0 Å². The Kier molecular flexibility index (Phi) is 7.49. The van der Waals surface area contributed by atoms with Gasteiger partial charge in [0.2, 0.25) is 0 Å². The fourth-order valence-electron chi connectivity index (χ4n) is 0.918. The summed E-state index contributed by atoms with van der Waals surface area (Å²) in [6, 6.07) is 0. The summed E-state index contributed by atoms with van der Waals surface area (Å²) < 4.78 is 19.1. The number of hydrogen-bond acceptors (Lipinski definition) is 6. The second kappa shape index (κ2) is 8.06. The summed E-state index contributed by atoms with van der Waals surface area (Å²) >= 11 is 0. The molecule has 0 fully saturated rings. The molecule has 0 aliphatic heterocycles. The summed E-state index contributed by atoms with van der Waals surface area (Å²) in [5.74, 6) is -0.887. The highest BCUT2D eigenvalue weighted by atomic mass is 16.6. The molecule has 0 aromatic rings. The van der Waals surface area contributed by atoms with E-state index >= 15 is 0 Å². The molecule has 0 aliphatic rings. The molecule has 0 rings (SSSR count). The van der Waals surface area contributed by atoms with Crippen LogP contribution in [-0.4, -0.2) is 51.6 Å². The SMILES string of the molecule is COC(=O)[C@@H](C)OCCO[C@H](C)C(=O)OC. The van der Waals surface area contributed by atoms with Crippen LogP contribution in [0.4, 0.5) is 0 Å². The van der Waals surface area contributed by atoms with E-state index in [0.717, 1.165) is 0 Å². The fraction of sp³-hybridized carbons (Fsp3) is 0.800. The Morgan fingerprint density at radius 3 is 1.44 bits per heavy atom. The molecule has 0 N–H and O–H groups in total. The molecule has 6 heteroatoms. The van der Waals surface area contributed by atoms with E-state index in [1.165, 1.54) is 14.2 Å². The first-order valence-corrected chi connectivity index (χ1v) is 4.91. The molecule has 0 bridgehead atoms. The average Bonchev–Trinajstić information content (AvgIpc) is 2.31. The van der Waals surface area contributed by atoms with E-state index in [1.807, 2.05) is 0 Å². The Morgan fingerprint density at radius 1 is 0.875 bits per heavy atom. The van der Waals surface area contributed by atoms with Gasteiger partial charge in [-0.1, -0.05) is 0 Å². The van der Waals surface area contributed by atoms with E-state index in [9.17, 15) is 9.59 Å². The molecule has 16 heavy (non-hydrogen) atoms. The van der Waals surface area contributed by atoms with Gasteiger partial charge in [0.15, 0.2) is 12.2 Å². The van der Waals surface area contributed by atoms with Crippen LogP contribution in [0.1, 0.15) is 13.8 Å². The largest absolute Gasteiger partial charge is 0.467 e. The summed E-state index contributed by atoms with van der Waals surface area (Å²) in [6.07, 6.45) is -1.27. The summed E-state index contributed by atoms with van der Waals surface area (Å²) in [5.41, 5.74) is 0. The van der Waals surface area contributed by atoms with Gasteiger partial charge in [-0.25, -0.2) is 9.59 Å². The van der Waals surface area contributed by atoms with Crippen molar-refractivity contribution < 1.29 is 28.5 Å². The maximum atomic E-state index is 10.9. The van der Waals surface area contributed by atoms with Gasteiger partial charge in [0.25, 0.3) is 0 Å². The van der Waals surface area contributed by atoms with Crippen molar-refractivity contribution in [1.29, 1.82) is 0 Å². The van der Waals surface area contributed by atoms with Crippen LogP contribution in [0.5, 0.6) is 0 Å². The number of methoxy groups -OCH3 is 2. The predicted octanol–water partition coefficient (Wildman–Crippen LogP) is 0.143. The van der Waals surface area contributed by atoms with E-state index in [2.05, 4.69) is 9.47 Å². The van der Waals surface area contributed by atoms with Crippen LogP contribution in [0.2, 0.25) is 0 Å². The van der Waals surface area contributed by atoms with E-state index in [4.69, 9.17) is 9.47 Å². The third-order valence-corrected chi connectivity index (χ3v) is 1.89. The molecule has 0 radical (unpaired) electrons. The van der Waals surface area contributed by atoms with Gasteiger partial charge in [-0.15, -0.1) is 0 Å². The predicted molar refractivity (Wildman–Crippen MR) is 54.9 cm³/mol. The van der Waals surface area contributed by atoms with Gasteiger partial charge < -0.3 is 18.9 Å². The molecule has 0 amide bonds. The Hall–Kier alpha value is -1.14. The zero-order valence-corrected chi connectivity index (χ0v) is 10.0. The molecule has 0 aromatic heterocycles. The van der Waals surface area contributed by atoms with Gasteiger partial charge in [-0.2, -0.15) is 0 Å². The highest BCUT2D eigenvalue weighted by Crippen LogP contribution is 1.96. The number of carbonyl (C=O) groups excluding carboxylic acids is 2. The first-order chi connectivity index (χ1) is 7.52. The minimum absolute atomic E-state index is 0.206. The third-order valence-electron chi connectivity index (χ3n) is 1.89. The second-order valence-corrected chi connectivity index (χ2v) is 3.07. The van der Waals surface area contributed by atoms with Gasteiger partial charge in [-0.3, -0.25) is 0 Å². The van der Waals surface area contributed by atoms with Crippen molar-refractivity contribution >= 4 is 11.9 Å². The van der Waals surface area contributed by atoms with Crippen molar-refractivity contribution in [2.75, 3.05) is 27.4 Å². The lowest BCUT2D eigenvalue weighted by molar-refractivity contribution is -0.158. The van der Waals surface area contributed by atoms with E-state index in [1.54, 1.807) is 13.8 Å². The lowest BCUT2D eigenvalue weighted by Gasteiger charge is -2.13. The van der Waals surface area contributed by atoms with Crippen LogP contribution in [0.3, 0.4) is 0 Å². The Morgan fingerprint density at radius 2 is 1.19 bits per heavy atom. The Balaban J connectivity index is 3.60. The molecule has 0 unspecified atom stereocenters. The zero-order valence-electron chi connectivity index (χ0n) is 10.0. The van der Waals surface area contributed by atoms with Crippen molar-refractivity contribution in [3.8, 4) is 0 Å². The maximum absolute atomic E-state index is 10.9. The highest BCUT2D eigenvalue weighted by Gasteiger charge is 2.15. The van der Waals surface area contributed by atoms with Gasteiger partial charge in [0, 0.05) is 0 Å². The lowest BCUT2D eigenvalue weighted by Crippen LogP contribution is -2.27. The Labute approximate surface area is 94.8 Å². The number of rotatable bonds is 7. The first-order valence-electron chi connectivity index (χ1n) is 4.91. The minimum atomic E-state index is -0.637. The van der Waals surface area contributed by atoms with E-state index in [0.29, 0.717) is 0 Å². The molecule has 2 atom stereocenters. The zero-order chi connectivity index (χ0) is 12.6. The third kappa shape index (κ3) is 5.67. The molecule has 6 nitrogen and oxygen atoms in total. The second-order valence-electron chi connectivity index (χ2n) is 3.07. The van der Waals surface area contributed by atoms with Gasteiger partial charge in [0.05, 0.1) is 27.4 Å². The van der Waals surface area contributed by atoms with Crippen LogP contribution in [0.15, 0.2) is 0 Å². The number of ether oxygens (including phenoxy) is 4. The average molecular weight is 234 g/mol. The molecule has 94 valence electrons. The molecule has 0 aromatic carbocycles. The molecular weight excluding hydrogens is 216 g/mol. The van der Waals surface area contributed by atoms with Crippen LogP contribution < -0.4 is 0 Å². The molecule has 0 spiro atoms. The monoisotopic (exact) mass is 234 g/mol. The maximum Gasteiger partial charge on any atom is 0.334 e. The standard InChI is InChI=1S/C10H18O6/c1-7(9(11)13-3)15-5-6-16-8(2)10(12)14-4/h7-8H,5-6H2,1-4H3/t7-,8-/m1/s1. The Bertz CT molecular complexity index is 203. The first kappa shape index (κ1) is 14.9. The summed E-state index contributed by atoms with van der Waals surface area (Å²) in [7, 11) is 2.58. The lowest BCUT2D eigenvalue weighted by atomic mass is 10.4. The quantitative estimate of drug-likeness (QED) is 0.461. The number of esters is 2. The minimum Gasteiger partial charge on any atom is -0.467 e. The summed E-state index contributed by atoms with van der Waals surface area (Å²) in [6.45, 7) is 3.57. The highest BCUT2D eigenvalue weighted by molar-refractivity contribution is 5.74. The van der Waals surface area contributed by atoms with Crippen molar-refractivity contribution in [1.82, 2.24) is 0 Å². The summed E-state index contributed by atoms with van der Waals surface area (Å²) in [5, 5.41) is 0. The van der Waals surface area contributed by atoms with Crippen LogP contribution >= 0.6 is 0 Å². The van der Waals surface area contributed by atoms with Gasteiger partial charge in [-0.05, 0) is 13.8 Å². The molecule has 0 saturated carbocycles. The summed E-state index contributed by atoms with van der Waals surface area (Å²) in [4.78, 5) is 21.9. The smallest absolute Gasteiger partial charge is 0.334 e. The topological polar surface area (TPSA) is 71.1 Å². The van der Waals surface area contributed by atoms with Crippen molar-refractivity contribution in [3.63, 3.8) is 0 Å². The van der Waals surface area contributed by atoms with Gasteiger partial charge >= 0.3 is 11.9 Å². The van der Waals surface area contributed by atoms with E-state index < -0.39 is 24.1 Å². The van der Waals surface area contributed by atoms with Crippen molar-refractivity contribution in [2.24, 2.45) is 0 Å². The van der Waals surface area contributed by atoms with Gasteiger partial charge in [0.1, 0.15) is 0 Å². The normalized spacial score (nSPS) is 14.0. The van der Waals surface area contributed by atoms with Crippen LogP contribution in [-0.2, 0) is 28.5 Å². The van der Waals surface area contributed by atoms with Crippen molar-refractivity contribution in [2.45, 2.75) is 26.1 Å². The van der Waals surface area contributed by atoms with Crippen molar-refractivity contribution in [3.05, 3.63) is 0 Å². The fourth-order valence-corrected chi connectivity index (χ4v) is 0.918. The molecule has 0 saturated heterocycles. The molecule has 0 aliphatic carbocycles.